The molecule has 1 aliphatic heterocycles. The lowest BCUT2D eigenvalue weighted by Crippen LogP contribution is -2.31. The zero-order valence-corrected chi connectivity index (χ0v) is 19.1. The minimum atomic E-state index is -0.697. The van der Waals surface area contributed by atoms with Crippen LogP contribution in [0.1, 0.15) is 47.7 Å². The van der Waals surface area contributed by atoms with Gasteiger partial charge in [0.2, 0.25) is 11.8 Å². The fourth-order valence-electron chi connectivity index (χ4n) is 4.87. The van der Waals surface area contributed by atoms with E-state index in [-0.39, 0.29) is 29.2 Å². The second-order valence-corrected chi connectivity index (χ2v) is 9.19. The second-order valence-electron chi connectivity index (χ2n) is 9.19. The van der Waals surface area contributed by atoms with Gasteiger partial charge in [-0.2, -0.15) is 0 Å². The van der Waals surface area contributed by atoms with Crippen LogP contribution >= 0.6 is 0 Å². The number of carbonyl (C=O) groups is 4. The molecule has 1 aliphatic carbocycles. The minimum absolute atomic E-state index is 0.176. The van der Waals surface area contributed by atoms with Crippen LogP contribution < -0.4 is 10.2 Å². The van der Waals surface area contributed by atoms with Gasteiger partial charge in [0, 0.05) is 5.69 Å². The molecule has 0 bridgehead atoms. The van der Waals surface area contributed by atoms with Crippen LogP contribution in [0, 0.1) is 31.6 Å². The number of anilines is 2. The Morgan fingerprint density at radius 2 is 1.70 bits per heavy atom. The number of hydrogen-bond donors (Lipinski definition) is 1. The van der Waals surface area contributed by atoms with E-state index in [1.54, 1.807) is 12.1 Å². The van der Waals surface area contributed by atoms with Gasteiger partial charge in [-0.05, 0) is 80.5 Å². The monoisotopic (exact) mass is 448 g/mol. The number of amides is 3. The molecule has 7 nitrogen and oxygen atoms in total. The predicted molar refractivity (Wildman–Crippen MR) is 124 cm³/mol. The molecule has 3 amide bonds. The van der Waals surface area contributed by atoms with E-state index >= 15 is 0 Å². The summed E-state index contributed by atoms with van der Waals surface area (Å²) in [5, 5.41) is 2.72. The van der Waals surface area contributed by atoms with Crippen LogP contribution in [-0.2, 0) is 19.1 Å². The number of hydrogen-bond acceptors (Lipinski definition) is 5. The summed E-state index contributed by atoms with van der Waals surface area (Å²) < 4.78 is 5.16. The second kappa shape index (κ2) is 9.17. The third-order valence-electron chi connectivity index (χ3n) is 6.37. The van der Waals surface area contributed by atoms with E-state index in [4.69, 9.17) is 4.74 Å². The Morgan fingerprint density at radius 3 is 2.42 bits per heavy atom. The number of nitrogens with one attached hydrogen (secondary N) is 1. The van der Waals surface area contributed by atoms with Crippen LogP contribution in [-0.4, -0.2) is 30.3 Å². The summed E-state index contributed by atoms with van der Waals surface area (Å²) in [5.41, 5.74) is 3.20. The van der Waals surface area contributed by atoms with Gasteiger partial charge in [-0.15, -0.1) is 0 Å². The van der Waals surface area contributed by atoms with Gasteiger partial charge in [-0.3, -0.25) is 19.3 Å². The largest absolute Gasteiger partial charge is 0.452 e. The maximum atomic E-state index is 12.9. The summed E-state index contributed by atoms with van der Waals surface area (Å²) in [6, 6.07) is 11.9. The molecule has 1 saturated carbocycles. The van der Waals surface area contributed by atoms with Gasteiger partial charge >= 0.3 is 5.97 Å². The molecule has 3 atom stereocenters. The summed E-state index contributed by atoms with van der Waals surface area (Å²) in [4.78, 5) is 51.8. The number of aryl methyl sites for hydroxylation is 2. The van der Waals surface area contributed by atoms with Gasteiger partial charge in [-0.25, -0.2) is 4.79 Å². The van der Waals surface area contributed by atoms with E-state index in [1.165, 1.54) is 17.0 Å². The maximum absolute atomic E-state index is 12.9. The molecule has 0 unspecified atom stereocenters. The third-order valence-corrected chi connectivity index (χ3v) is 6.37. The molecule has 4 rings (SSSR count). The van der Waals surface area contributed by atoms with E-state index in [0.717, 1.165) is 17.5 Å². The van der Waals surface area contributed by atoms with E-state index < -0.39 is 18.5 Å². The topological polar surface area (TPSA) is 92.8 Å². The van der Waals surface area contributed by atoms with Crippen molar-refractivity contribution in [3.8, 4) is 0 Å². The number of esters is 1. The van der Waals surface area contributed by atoms with Crippen LogP contribution in [0.2, 0.25) is 0 Å². The Balaban J connectivity index is 1.41. The SMILES string of the molecule is Cc1cc(C)cc(NC(=O)COC(=O)c2cccc(N3C(=O)[C@H]4C[C@H](C)CC[C@H]4C3=O)c2)c1. The molecule has 7 heteroatoms. The molecule has 33 heavy (non-hydrogen) atoms. The molecular formula is C26H28N2O5. The molecule has 1 saturated heterocycles. The standard InChI is InChI=1S/C26H28N2O5/c1-15-7-8-21-22(12-15)25(31)28(24(21)30)20-6-4-5-18(13-20)26(32)33-14-23(29)27-19-10-16(2)9-17(3)11-19/h4-6,9-11,13,15,21-22H,7-8,12,14H2,1-3H3,(H,27,29)/t15-,21-,22+/m1/s1. The van der Waals surface area contributed by atoms with E-state index in [9.17, 15) is 19.2 Å². The summed E-state index contributed by atoms with van der Waals surface area (Å²) in [6.07, 6.45) is 2.36. The molecule has 2 aliphatic rings. The first-order valence-electron chi connectivity index (χ1n) is 11.3. The molecule has 0 spiro atoms. The molecule has 0 radical (unpaired) electrons. The van der Waals surface area contributed by atoms with Crippen LogP contribution in [0.3, 0.4) is 0 Å². The van der Waals surface area contributed by atoms with Gasteiger partial charge in [0.25, 0.3) is 5.91 Å². The Morgan fingerprint density at radius 1 is 1.00 bits per heavy atom. The normalized spacial score (nSPS) is 22.2. The lowest BCUT2D eigenvalue weighted by molar-refractivity contribution is -0.122. The highest BCUT2D eigenvalue weighted by Gasteiger charge is 2.50. The Kier molecular flexibility index (Phi) is 6.31. The van der Waals surface area contributed by atoms with Crippen molar-refractivity contribution in [1.82, 2.24) is 0 Å². The van der Waals surface area contributed by atoms with Crippen LogP contribution in [0.4, 0.5) is 11.4 Å². The Bertz CT molecular complexity index is 1110. The summed E-state index contributed by atoms with van der Waals surface area (Å²) in [5.74, 6) is -1.70. The summed E-state index contributed by atoms with van der Waals surface area (Å²) in [6.45, 7) is 5.52. The molecule has 2 aromatic carbocycles. The summed E-state index contributed by atoms with van der Waals surface area (Å²) >= 11 is 0. The number of carbonyl (C=O) groups excluding carboxylic acids is 4. The minimum Gasteiger partial charge on any atom is -0.452 e. The van der Waals surface area contributed by atoms with Gasteiger partial charge in [-0.1, -0.05) is 19.1 Å². The number of nitrogens with zero attached hydrogens (tertiary/aromatic N) is 1. The zero-order valence-electron chi connectivity index (χ0n) is 19.1. The molecule has 172 valence electrons. The average molecular weight is 449 g/mol. The van der Waals surface area contributed by atoms with Crippen molar-refractivity contribution in [3.63, 3.8) is 0 Å². The first-order chi connectivity index (χ1) is 15.7. The van der Waals surface area contributed by atoms with Crippen LogP contribution in [0.25, 0.3) is 0 Å². The van der Waals surface area contributed by atoms with E-state index in [1.807, 2.05) is 32.0 Å². The zero-order chi connectivity index (χ0) is 23.7. The number of rotatable bonds is 5. The third kappa shape index (κ3) is 4.82. The smallest absolute Gasteiger partial charge is 0.338 e. The first kappa shape index (κ1) is 22.7. The fraction of sp³-hybridized carbons (Fsp3) is 0.385. The van der Waals surface area contributed by atoms with Gasteiger partial charge in [0.05, 0.1) is 23.1 Å². The first-order valence-corrected chi connectivity index (χ1v) is 11.3. The van der Waals surface area contributed by atoms with Crippen molar-refractivity contribution in [2.24, 2.45) is 17.8 Å². The van der Waals surface area contributed by atoms with Crippen LogP contribution in [0.5, 0.6) is 0 Å². The van der Waals surface area contributed by atoms with Crippen molar-refractivity contribution >= 4 is 35.1 Å². The van der Waals surface area contributed by atoms with Crippen LogP contribution in [0.15, 0.2) is 42.5 Å². The number of ether oxygens (including phenoxy) is 1. The quantitative estimate of drug-likeness (QED) is 0.551. The van der Waals surface area contributed by atoms with Crippen molar-refractivity contribution < 1.29 is 23.9 Å². The van der Waals surface area contributed by atoms with Crippen molar-refractivity contribution in [2.75, 3.05) is 16.8 Å². The van der Waals surface area contributed by atoms with E-state index in [0.29, 0.717) is 30.1 Å². The van der Waals surface area contributed by atoms with Crippen molar-refractivity contribution in [3.05, 3.63) is 59.2 Å². The molecule has 1 heterocycles. The molecule has 2 aromatic rings. The predicted octanol–water partition coefficient (Wildman–Crippen LogP) is 4.02. The number of benzene rings is 2. The average Bonchev–Trinajstić information content (AvgIpc) is 3.00. The molecule has 2 fully saturated rings. The number of fused-ring (bicyclic) bond motifs is 1. The molecule has 1 N–H and O–H groups in total. The van der Waals surface area contributed by atoms with E-state index in [2.05, 4.69) is 12.2 Å². The molecule has 0 aromatic heterocycles. The highest BCUT2D eigenvalue weighted by Crippen LogP contribution is 2.42. The van der Waals surface area contributed by atoms with Crippen molar-refractivity contribution in [2.45, 2.75) is 40.0 Å². The fourth-order valence-corrected chi connectivity index (χ4v) is 4.87. The lowest BCUT2D eigenvalue weighted by Gasteiger charge is -2.25. The van der Waals surface area contributed by atoms with Gasteiger partial charge < -0.3 is 10.1 Å². The molecular weight excluding hydrogens is 420 g/mol. The van der Waals surface area contributed by atoms with Crippen molar-refractivity contribution in [1.29, 1.82) is 0 Å². The number of imide groups is 1. The highest BCUT2D eigenvalue weighted by molar-refractivity contribution is 6.22. The summed E-state index contributed by atoms with van der Waals surface area (Å²) in [7, 11) is 0. The Labute approximate surface area is 193 Å². The Hall–Kier alpha value is -3.48. The maximum Gasteiger partial charge on any atom is 0.338 e. The van der Waals surface area contributed by atoms with Gasteiger partial charge in [0.1, 0.15) is 0 Å². The highest BCUT2D eigenvalue weighted by atomic mass is 16.5. The lowest BCUT2D eigenvalue weighted by atomic mass is 9.76. The van der Waals surface area contributed by atoms with Gasteiger partial charge in [0.15, 0.2) is 6.61 Å².